The molecule has 41 heavy (non-hydrogen) atoms. The number of aliphatic hydroxyl groups excluding tert-OH is 1. The van der Waals surface area contributed by atoms with E-state index < -0.39 is 0 Å². The number of esters is 1. The summed E-state index contributed by atoms with van der Waals surface area (Å²) in [6.07, 6.45) is 19.3. The van der Waals surface area contributed by atoms with Gasteiger partial charge in [0.1, 0.15) is 0 Å². The summed E-state index contributed by atoms with van der Waals surface area (Å²) in [6.45, 7) is 8.52. The van der Waals surface area contributed by atoms with E-state index in [-0.39, 0.29) is 12.6 Å². The van der Waals surface area contributed by atoms with Crippen molar-refractivity contribution in [1.82, 2.24) is 0 Å². The molecule has 0 bridgehead atoms. The number of rotatable bonds is 19. The first-order valence-electron chi connectivity index (χ1n) is 16.7. The average Bonchev–Trinajstić information content (AvgIpc) is 3.01. The zero-order chi connectivity index (χ0) is 29.3. The van der Waals surface area contributed by atoms with E-state index in [1.807, 2.05) is 6.92 Å². The van der Waals surface area contributed by atoms with Gasteiger partial charge in [-0.3, -0.25) is 0 Å². The third-order valence-electron chi connectivity index (χ3n) is 9.35. The molecule has 1 fully saturated rings. The van der Waals surface area contributed by atoms with Crippen molar-refractivity contribution in [3.05, 3.63) is 71.8 Å². The molecule has 3 nitrogen and oxygen atoms in total. The van der Waals surface area contributed by atoms with Gasteiger partial charge in [-0.05, 0) is 91.4 Å². The molecule has 0 saturated heterocycles. The largest absolute Gasteiger partial charge is 0.462 e. The van der Waals surface area contributed by atoms with Crippen LogP contribution < -0.4 is 0 Å². The Morgan fingerprint density at radius 1 is 0.805 bits per heavy atom. The number of aryl methyl sites for hydroxylation is 2. The minimum Gasteiger partial charge on any atom is -0.462 e. The van der Waals surface area contributed by atoms with Gasteiger partial charge in [0.2, 0.25) is 0 Å². The maximum absolute atomic E-state index is 11.8. The number of ether oxygens (including phenoxy) is 1. The van der Waals surface area contributed by atoms with Crippen molar-refractivity contribution >= 4 is 5.97 Å². The van der Waals surface area contributed by atoms with Crippen LogP contribution in [0.4, 0.5) is 0 Å². The predicted octanol–water partition coefficient (Wildman–Crippen LogP) is 9.89. The minimum atomic E-state index is -0.296. The van der Waals surface area contributed by atoms with E-state index in [1.165, 1.54) is 86.5 Å². The molecular formula is C38H56O3. The highest BCUT2D eigenvalue weighted by molar-refractivity contribution is 5.87. The maximum atomic E-state index is 11.8. The molecule has 0 heterocycles. The van der Waals surface area contributed by atoms with Crippen molar-refractivity contribution in [2.75, 3.05) is 13.2 Å². The Kier molecular flexibility index (Phi) is 15.3. The van der Waals surface area contributed by atoms with E-state index in [1.54, 1.807) is 0 Å². The molecule has 1 saturated carbocycles. The Morgan fingerprint density at radius 3 is 1.95 bits per heavy atom. The molecule has 0 amide bonds. The Hall–Kier alpha value is -2.39. The van der Waals surface area contributed by atoms with Crippen LogP contribution in [-0.4, -0.2) is 24.3 Å². The second kappa shape index (κ2) is 18.9. The molecule has 1 atom stereocenters. The molecule has 1 N–H and O–H groups in total. The van der Waals surface area contributed by atoms with Gasteiger partial charge >= 0.3 is 5.97 Å². The molecule has 3 rings (SSSR count). The van der Waals surface area contributed by atoms with Gasteiger partial charge in [-0.25, -0.2) is 4.79 Å². The lowest BCUT2D eigenvalue weighted by atomic mass is 9.78. The Labute approximate surface area is 250 Å². The van der Waals surface area contributed by atoms with Crippen molar-refractivity contribution in [2.45, 2.75) is 117 Å². The summed E-state index contributed by atoms with van der Waals surface area (Å²) in [4.78, 5) is 11.8. The Balaban J connectivity index is 1.36. The van der Waals surface area contributed by atoms with Crippen LogP contribution in [-0.2, 0) is 22.4 Å². The van der Waals surface area contributed by atoms with Crippen LogP contribution >= 0.6 is 0 Å². The molecule has 1 aliphatic carbocycles. The zero-order valence-corrected chi connectivity index (χ0v) is 26.0. The minimum absolute atomic E-state index is 0.175. The van der Waals surface area contributed by atoms with E-state index in [2.05, 4.69) is 62.0 Å². The Morgan fingerprint density at radius 2 is 1.39 bits per heavy atom. The van der Waals surface area contributed by atoms with Crippen LogP contribution in [0, 0.1) is 17.8 Å². The van der Waals surface area contributed by atoms with Gasteiger partial charge in [0.05, 0.1) is 6.61 Å². The lowest BCUT2D eigenvalue weighted by molar-refractivity contribution is -0.139. The van der Waals surface area contributed by atoms with E-state index in [0.717, 1.165) is 43.9 Å². The third-order valence-corrected chi connectivity index (χ3v) is 9.35. The fraction of sp³-hybridized carbons (Fsp3) is 0.605. The third kappa shape index (κ3) is 12.2. The summed E-state index contributed by atoms with van der Waals surface area (Å²) < 4.78 is 5.34. The van der Waals surface area contributed by atoms with Gasteiger partial charge in [-0.2, -0.15) is 0 Å². The normalized spacial score (nSPS) is 17.7. The highest BCUT2D eigenvalue weighted by Crippen LogP contribution is 2.34. The summed E-state index contributed by atoms with van der Waals surface area (Å²) in [5, 5.41) is 9.45. The van der Waals surface area contributed by atoms with Crippen LogP contribution in [0.2, 0.25) is 0 Å². The summed E-state index contributed by atoms with van der Waals surface area (Å²) in [6, 6.07) is 18.2. The summed E-state index contributed by atoms with van der Waals surface area (Å²) in [5.41, 5.74) is 5.90. The number of carbonyl (C=O) groups excluding carboxylic acids is 1. The molecule has 0 aliphatic heterocycles. The molecule has 1 unspecified atom stereocenters. The molecular weight excluding hydrogens is 504 g/mol. The molecule has 226 valence electrons. The Bertz CT molecular complexity index is 999. The number of hydrogen-bond acceptors (Lipinski definition) is 3. The standard InChI is InChI=1S/C38H56O3/c1-4-6-7-9-31-12-14-34(15-13-31)16-17-35-20-24-37(25-21-35)36-22-18-32(19-23-36)10-8-11-33(26-28-39)27-29-41-38(40)30(3)5-2/h18-25,31,33-34,39H,3-17,26-29H2,1-2H3. The zero-order valence-electron chi connectivity index (χ0n) is 26.0. The van der Waals surface area contributed by atoms with Crippen molar-refractivity contribution < 1.29 is 14.6 Å². The molecule has 0 radical (unpaired) electrons. The number of benzene rings is 2. The first-order valence-corrected chi connectivity index (χ1v) is 16.7. The van der Waals surface area contributed by atoms with Crippen LogP contribution in [0.3, 0.4) is 0 Å². The first-order chi connectivity index (χ1) is 20.0. The summed E-state index contributed by atoms with van der Waals surface area (Å²) in [5.74, 6) is 2.00. The fourth-order valence-electron chi connectivity index (χ4n) is 6.37. The van der Waals surface area contributed by atoms with E-state index >= 15 is 0 Å². The van der Waals surface area contributed by atoms with Gasteiger partial charge in [0.25, 0.3) is 0 Å². The van der Waals surface area contributed by atoms with Gasteiger partial charge < -0.3 is 9.84 Å². The quantitative estimate of drug-likeness (QED) is 0.106. The maximum Gasteiger partial charge on any atom is 0.333 e. The lowest BCUT2D eigenvalue weighted by Crippen LogP contribution is -2.15. The lowest BCUT2D eigenvalue weighted by Gasteiger charge is -2.28. The molecule has 0 aromatic heterocycles. The van der Waals surface area contributed by atoms with Gasteiger partial charge in [-0.15, -0.1) is 0 Å². The summed E-state index contributed by atoms with van der Waals surface area (Å²) >= 11 is 0. The number of unbranched alkanes of at least 4 members (excludes halogenated alkanes) is 2. The first kappa shape index (κ1) is 33.1. The van der Waals surface area contributed by atoms with Crippen LogP contribution in [0.5, 0.6) is 0 Å². The topological polar surface area (TPSA) is 46.5 Å². The van der Waals surface area contributed by atoms with Crippen LogP contribution in [0.25, 0.3) is 11.1 Å². The van der Waals surface area contributed by atoms with E-state index in [9.17, 15) is 9.90 Å². The molecule has 2 aromatic carbocycles. The van der Waals surface area contributed by atoms with Crippen molar-refractivity contribution in [2.24, 2.45) is 17.8 Å². The van der Waals surface area contributed by atoms with Crippen LogP contribution in [0.15, 0.2) is 60.7 Å². The number of aliphatic hydroxyl groups is 1. The second-order valence-corrected chi connectivity index (χ2v) is 12.5. The second-order valence-electron chi connectivity index (χ2n) is 12.5. The van der Waals surface area contributed by atoms with Crippen LogP contribution in [0.1, 0.15) is 115 Å². The van der Waals surface area contributed by atoms with Crippen molar-refractivity contribution in [3.8, 4) is 11.1 Å². The molecule has 1 aliphatic rings. The highest BCUT2D eigenvalue weighted by Gasteiger charge is 2.20. The van der Waals surface area contributed by atoms with E-state index in [4.69, 9.17) is 4.74 Å². The SMILES string of the molecule is C=C(CC)C(=O)OCCC(CCO)CCCc1ccc(-c2ccc(CCC3CCC(CCCCC)CC3)cc2)cc1. The highest BCUT2D eigenvalue weighted by atomic mass is 16.5. The monoisotopic (exact) mass is 560 g/mol. The fourth-order valence-corrected chi connectivity index (χ4v) is 6.37. The van der Waals surface area contributed by atoms with Gasteiger partial charge in [0.15, 0.2) is 0 Å². The predicted molar refractivity (Wildman–Crippen MR) is 173 cm³/mol. The molecule has 0 spiro atoms. The smallest absolute Gasteiger partial charge is 0.333 e. The van der Waals surface area contributed by atoms with Crippen molar-refractivity contribution in [1.29, 1.82) is 0 Å². The van der Waals surface area contributed by atoms with E-state index in [0.29, 0.717) is 24.5 Å². The molecule has 2 aromatic rings. The van der Waals surface area contributed by atoms with Crippen molar-refractivity contribution in [3.63, 3.8) is 0 Å². The number of carbonyl (C=O) groups is 1. The summed E-state index contributed by atoms with van der Waals surface area (Å²) in [7, 11) is 0. The average molecular weight is 561 g/mol. The number of hydrogen-bond donors (Lipinski definition) is 1. The molecule has 3 heteroatoms. The van der Waals surface area contributed by atoms with Gasteiger partial charge in [-0.1, -0.05) is 120 Å². The van der Waals surface area contributed by atoms with Gasteiger partial charge in [0, 0.05) is 12.2 Å².